The number of urea groups is 1. The maximum absolute atomic E-state index is 12.7. The van der Waals surface area contributed by atoms with E-state index in [-0.39, 0.29) is 17.5 Å². The predicted molar refractivity (Wildman–Crippen MR) is 103 cm³/mol. The maximum atomic E-state index is 12.7. The predicted octanol–water partition coefficient (Wildman–Crippen LogP) is 2.51. The number of carbonyl (C=O) groups is 2. The molecule has 26 heavy (non-hydrogen) atoms. The van der Waals surface area contributed by atoms with Crippen molar-refractivity contribution < 1.29 is 14.3 Å². The summed E-state index contributed by atoms with van der Waals surface area (Å²) in [6, 6.07) is 4.00. The third-order valence-corrected chi connectivity index (χ3v) is 4.44. The lowest BCUT2D eigenvalue weighted by Crippen LogP contribution is -2.56. The van der Waals surface area contributed by atoms with Crippen molar-refractivity contribution in [1.82, 2.24) is 15.1 Å². The highest BCUT2D eigenvalue weighted by molar-refractivity contribution is 5.80. The summed E-state index contributed by atoms with van der Waals surface area (Å²) in [6.45, 7) is 12.1. The van der Waals surface area contributed by atoms with E-state index in [9.17, 15) is 9.59 Å². The van der Waals surface area contributed by atoms with E-state index in [1.165, 1.54) is 0 Å². The fourth-order valence-electron chi connectivity index (χ4n) is 3.30. The van der Waals surface area contributed by atoms with Crippen LogP contribution in [0.25, 0.3) is 0 Å². The van der Waals surface area contributed by atoms with E-state index in [4.69, 9.17) is 4.74 Å². The zero-order valence-electron chi connectivity index (χ0n) is 16.8. The number of benzene rings is 1. The van der Waals surface area contributed by atoms with E-state index in [0.717, 1.165) is 22.4 Å². The Balaban J connectivity index is 1.96. The van der Waals surface area contributed by atoms with Crippen molar-refractivity contribution in [1.29, 1.82) is 0 Å². The number of carbonyl (C=O) groups excluding carboxylic acids is 2. The van der Waals surface area contributed by atoms with Crippen molar-refractivity contribution in [2.75, 3.05) is 33.3 Å². The molecule has 3 amide bonds. The van der Waals surface area contributed by atoms with Gasteiger partial charge in [-0.1, -0.05) is 17.7 Å². The summed E-state index contributed by atoms with van der Waals surface area (Å²) in [6.07, 6.45) is 0.319. The standard InChI is InChI=1S/C20H31N3O3/c1-14-11-15(2)18(26-6)16(12-14)13-17(24)22-7-9-23(10-8-22)19(25)21-20(3,4)5/h11-12H,7-10,13H2,1-6H3,(H,21,25). The Hall–Kier alpha value is -2.24. The van der Waals surface area contributed by atoms with E-state index < -0.39 is 0 Å². The van der Waals surface area contributed by atoms with Gasteiger partial charge in [0.25, 0.3) is 0 Å². The van der Waals surface area contributed by atoms with Crippen LogP contribution in [0.2, 0.25) is 0 Å². The quantitative estimate of drug-likeness (QED) is 0.900. The molecule has 0 spiro atoms. The average molecular weight is 361 g/mol. The molecule has 1 aromatic carbocycles. The number of rotatable bonds is 3. The molecule has 0 unspecified atom stereocenters. The van der Waals surface area contributed by atoms with Crippen LogP contribution in [0, 0.1) is 13.8 Å². The summed E-state index contributed by atoms with van der Waals surface area (Å²) in [7, 11) is 1.64. The monoisotopic (exact) mass is 361 g/mol. The minimum Gasteiger partial charge on any atom is -0.496 e. The van der Waals surface area contributed by atoms with Gasteiger partial charge in [-0.15, -0.1) is 0 Å². The van der Waals surface area contributed by atoms with Gasteiger partial charge < -0.3 is 19.9 Å². The molecule has 0 aromatic heterocycles. The van der Waals surface area contributed by atoms with Gasteiger partial charge in [0.1, 0.15) is 5.75 Å². The van der Waals surface area contributed by atoms with Crippen LogP contribution in [-0.2, 0) is 11.2 Å². The topological polar surface area (TPSA) is 61.9 Å². The second-order valence-electron chi connectivity index (χ2n) is 8.00. The molecule has 0 saturated carbocycles. The first-order valence-electron chi connectivity index (χ1n) is 9.09. The van der Waals surface area contributed by atoms with Gasteiger partial charge in [0.15, 0.2) is 0 Å². The molecule has 6 nitrogen and oxygen atoms in total. The lowest BCUT2D eigenvalue weighted by atomic mass is 10.0. The Kier molecular flexibility index (Phi) is 6.16. The van der Waals surface area contributed by atoms with E-state index in [1.807, 2.05) is 45.6 Å². The van der Waals surface area contributed by atoms with Crippen LogP contribution in [0.1, 0.15) is 37.5 Å². The van der Waals surface area contributed by atoms with Gasteiger partial charge in [0.05, 0.1) is 13.5 Å². The van der Waals surface area contributed by atoms with E-state index >= 15 is 0 Å². The van der Waals surface area contributed by atoms with Crippen LogP contribution >= 0.6 is 0 Å². The van der Waals surface area contributed by atoms with Gasteiger partial charge >= 0.3 is 6.03 Å². The van der Waals surface area contributed by atoms with Crippen molar-refractivity contribution in [3.8, 4) is 5.75 Å². The third kappa shape index (κ3) is 5.13. The molecular formula is C20H31N3O3. The number of ether oxygens (including phenoxy) is 1. The van der Waals surface area contributed by atoms with Gasteiger partial charge in [-0.2, -0.15) is 0 Å². The van der Waals surface area contributed by atoms with Crippen molar-refractivity contribution in [3.05, 3.63) is 28.8 Å². The first-order valence-corrected chi connectivity index (χ1v) is 9.09. The Morgan fingerprint density at radius 3 is 2.19 bits per heavy atom. The van der Waals surface area contributed by atoms with Gasteiger partial charge in [0, 0.05) is 37.3 Å². The summed E-state index contributed by atoms with van der Waals surface area (Å²) in [5, 5.41) is 2.97. The van der Waals surface area contributed by atoms with Crippen molar-refractivity contribution >= 4 is 11.9 Å². The molecule has 144 valence electrons. The summed E-state index contributed by atoms with van der Waals surface area (Å²) in [5.74, 6) is 0.858. The number of aryl methyl sites for hydroxylation is 2. The van der Waals surface area contributed by atoms with Gasteiger partial charge in [-0.3, -0.25) is 4.79 Å². The number of amides is 3. The second kappa shape index (κ2) is 7.98. The summed E-state index contributed by atoms with van der Waals surface area (Å²) >= 11 is 0. The van der Waals surface area contributed by atoms with Crippen LogP contribution in [0.15, 0.2) is 12.1 Å². The van der Waals surface area contributed by atoms with Gasteiger partial charge in [0.2, 0.25) is 5.91 Å². The van der Waals surface area contributed by atoms with Crippen LogP contribution in [0.5, 0.6) is 5.75 Å². The van der Waals surface area contributed by atoms with E-state index in [1.54, 1.807) is 12.0 Å². The van der Waals surface area contributed by atoms with Crippen LogP contribution < -0.4 is 10.1 Å². The molecule has 1 aromatic rings. The summed E-state index contributed by atoms with van der Waals surface area (Å²) in [4.78, 5) is 28.6. The minimum atomic E-state index is -0.260. The Morgan fingerprint density at radius 1 is 1.08 bits per heavy atom. The van der Waals surface area contributed by atoms with Gasteiger partial charge in [-0.25, -0.2) is 4.79 Å². The second-order valence-corrected chi connectivity index (χ2v) is 8.00. The number of hydrogen-bond donors (Lipinski definition) is 1. The van der Waals surface area contributed by atoms with Crippen molar-refractivity contribution in [3.63, 3.8) is 0 Å². The molecule has 0 aliphatic carbocycles. The first-order chi connectivity index (χ1) is 12.1. The summed E-state index contributed by atoms with van der Waals surface area (Å²) in [5.41, 5.74) is 2.82. The minimum absolute atomic E-state index is 0.0689. The fourth-order valence-corrected chi connectivity index (χ4v) is 3.30. The van der Waals surface area contributed by atoms with Crippen LogP contribution in [0.3, 0.4) is 0 Å². The third-order valence-electron chi connectivity index (χ3n) is 4.44. The molecular weight excluding hydrogens is 330 g/mol. The molecule has 2 rings (SSSR count). The van der Waals surface area contributed by atoms with Crippen LogP contribution in [0.4, 0.5) is 4.79 Å². The zero-order chi connectivity index (χ0) is 19.5. The smallest absolute Gasteiger partial charge is 0.317 e. The molecule has 1 fully saturated rings. The van der Waals surface area contributed by atoms with Crippen molar-refractivity contribution in [2.45, 2.75) is 46.6 Å². The molecule has 1 N–H and O–H groups in total. The lowest BCUT2D eigenvalue weighted by Gasteiger charge is -2.36. The maximum Gasteiger partial charge on any atom is 0.317 e. The van der Waals surface area contributed by atoms with Crippen LogP contribution in [-0.4, -0.2) is 60.6 Å². The Labute approximate surface area is 156 Å². The number of methoxy groups -OCH3 is 1. The van der Waals surface area contributed by atoms with E-state index in [0.29, 0.717) is 32.6 Å². The molecule has 0 radical (unpaired) electrons. The molecule has 1 aliphatic heterocycles. The molecule has 1 heterocycles. The van der Waals surface area contributed by atoms with E-state index in [2.05, 4.69) is 11.4 Å². The summed E-state index contributed by atoms with van der Waals surface area (Å²) < 4.78 is 5.48. The van der Waals surface area contributed by atoms with Crippen molar-refractivity contribution in [2.24, 2.45) is 0 Å². The molecule has 6 heteroatoms. The lowest BCUT2D eigenvalue weighted by molar-refractivity contribution is -0.131. The Morgan fingerprint density at radius 2 is 1.65 bits per heavy atom. The first kappa shape index (κ1) is 20.1. The molecule has 0 bridgehead atoms. The highest BCUT2D eigenvalue weighted by Crippen LogP contribution is 2.26. The Bertz CT molecular complexity index is 672. The average Bonchev–Trinajstić information content (AvgIpc) is 2.53. The molecule has 1 saturated heterocycles. The normalized spacial score (nSPS) is 15.0. The van der Waals surface area contributed by atoms with Gasteiger partial charge in [-0.05, 0) is 40.2 Å². The number of nitrogens with one attached hydrogen (secondary N) is 1. The fraction of sp³-hybridized carbons (Fsp3) is 0.600. The highest BCUT2D eigenvalue weighted by atomic mass is 16.5. The number of piperazine rings is 1. The zero-order valence-corrected chi connectivity index (χ0v) is 16.8. The highest BCUT2D eigenvalue weighted by Gasteiger charge is 2.26. The number of nitrogens with zero attached hydrogens (tertiary/aromatic N) is 2. The SMILES string of the molecule is COc1c(C)cc(C)cc1CC(=O)N1CCN(C(=O)NC(C)(C)C)CC1. The largest absolute Gasteiger partial charge is 0.496 e. The molecule has 1 aliphatic rings. The number of hydrogen-bond acceptors (Lipinski definition) is 3. The molecule has 0 atom stereocenters.